The normalized spacial score (nSPS) is 15.4. The van der Waals surface area contributed by atoms with Crippen LogP contribution >= 0.6 is 11.3 Å². The third-order valence-electron chi connectivity index (χ3n) is 4.97. The van der Waals surface area contributed by atoms with Crippen LogP contribution in [-0.4, -0.2) is 23.6 Å². The van der Waals surface area contributed by atoms with Gasteiger partial charge in [0.25, 0.3) is 0 Å². The summed E-state index contributed by atoms with van der Waals surface area (Å²) in [5, 5.41) is 12.6. The van der Waals surface area contributed by atoms with E-state index in [2.05, 4.69) is 5.32 Å². The Labute approximate surface area is 177 Å². The molecule has 30 heavy (non-hydrogen) atoms. The number of halogens is 1. The highest BCUT2D eigenvalue weighted by molar-refractivity contribution is 7.15. The SMILES string of the molecule is CCCOc1cccc(C2CC(=O)Nc3c2sc(C(=O)O)c3-c2ccc(F)cc2)c1. The van der Waals surface area contributed by atoms with Gasteiger partial charge in [-0.25, -0.2) is 9.18 Å². The molecule has 1 amide bonds. The second-order valence-electron chi connectivity index (χ2n) is 7.08. The van der Waals surface area contributed by atoms with Crippen molar-refractivity contribution in [2.24, 2.45) is 0 Å². The zero-order valence-electron chi connectivity index (χ0n) is 16.3. The molecule has 3 aromatic rings. The van der Waals surface area contributed by atoms with E-state index in [0.29, 0.717) is 23.4 Å². The van der Waals surface area contributed by atoms with Crippen molar-refractivity contribution in [1.82, 2.24) is 0 Å². The van der Waals surface area contributed by atoms with E-state index >= 15 is 0 Å². The second kappa shape index (κ2) is 8.28. The number of carbonyl (C=O) groups excluding carboxylic acids is 1. The largest absolute Gasteiger partial charge is 0.494 e. The van der Waals surface area contributed by atoms with Gasteiger partial charge >= 0.3 is 5.97 Å². The Bertz CT molecular complexity index is 1110. The van der Waals surface area contributed by atoms with Crippen LogP contribution in [0.3, 0.4) is 0 Å². The van der Waals surface area contributed by atoms with Crippen molar-refractivity contribution in [3.63, 3.8) is 0 Å². The first kappa shape index (κ1) is 20.1. The fourth-order valence-corrected chi connectivity index (χ4v) is 4.89. The molecule has 0 radical (unpaired) electrons. The van der Waals surface area contributed by atoms with Crippen molar-refractivity contribution >= 4 is 28.9 Å². The van der Waals surface area contributed by atoms with Crippen molar-refractivity contribution in [2.45, 2.75) is 25.7 Å². The summed E-state index contributed by atoms with van der Waals surface area (Å²) >= 11 is 1.15. The van der Waals surface area contributed by atoms with Gasteiger partial charge in [-0.2, -0.15) is 0 Å². The van der Waals surface area contributed by atoms with E-state index in [1.165, 1.54) is 24.3 Å². The van der Waals surface area contributed by atoms with Gasteiger partial charge in [0.05, 0.1) is 12.3 Å². The van der Waals surface area contributed by atoms with Crippen molar-refractivity contribution in [2.75, 3.05) is 11.9 Å². The number of benzene rings is 2. The Morgan fingerprint density at radius 1 is 1.27 bits per heavy atom. The standard InChI is InChI=1S/C23H20FNO4S/c1-2-10-29-16-5-3-4-14(11-16)17-12-18(26)25-20-19(13-6-8-15(24)9-7-13)22(23(27)28)30-21(17)20/h3-9,11,17H,2,10,12H2,1H3,(H,25,26)(H,27,28). The minimum atomic E-state index is -1.08. The van der Waals surface area contributed by atoms with Gasteiger partial charge in [0, 0.05) is 22.8 Å². The summed E-state index contributed by atoms with van der Waals surface area (Å²) < 4.78 is 19.1. The maximum Gasteiger partial charge on any atom is 0.346 e. The average Bonchev–Trinajstić information content (AvgIpc) is 3.12. The van der Waals surface area contributed by atoms with Crippen LogP contribution in [0.4, 0.5) is 10.1 Å². The van der Waals surface area contributed by atoms with Crippen molar-refractivity contribution in [3.05, 3.63) is 69.7 Å². The van der Waals surface area contributed by atoms with Gasteiger partial charge in [0.2, 0.25) is 5.91 Å². The summed E-state index contributed by atoms with van der Waals surface area (Å²) in [6.45, 7) is 2.62. The molecular formula is C23H20FNO4S. The quantitative estimate of drug-likeness (QED) is 0.546. The van der Waals surface area contributed by atoms with Gasteiger partial charge in [0.15, 0.2) is 0 Å². The number of nitrogens with one attached hydrogen (secondary N) is 1. The van der Waals surface area contributed by atoms with Crippen LogP contribution in [0, 0.1) is 5.82 Å². The molecule has 2 heterocycles. The Morgan fingerprint density at radius 2 is 2.03 bits per heavy atom. The molecule has 0 saturated carbocycles. The Morgan fingerprint density at radius 3 is 2.73 bits per heavy atom. The van der Waals surface area contributed by atoms with E-state index in [4.69, 9.17) is 4.74 Å². The van der Waals surface area contributed by atoms with Crippen LogP contribution < -0.4 is 10.1 Å². The smallest absolute Gasteiger partial charge is 0.346 e. The van der Waals surface area contributed by atoms with E-state index in [0.717, 1.165) is 33.9 Å². The molecule has 0 fully saturated rings. The van der Waals surface area contributed by atoms with E-state index in [-0.39, 0.29) is 23.1 Å². The molecule has 0 saturated heterocycles. The third-order valence-corrected chi connectivity index (χ3v) is 6.26. The summed E-state index contributed by atoms with van der Waals surface area (Å²) in [4.78, 5) is 25.4. The molecule has 1 aromatic heterocycles. The maximum atomic E-state index is 13.4. The van der Waals surface area contributed by atoms with Crippen molar-refractivity contribution in [3.8, 4) is 16.9 Å². The van der Waals surface area contributed by atoms with E-state index in [9.17, 15) is 19.1 Å². The lowest BCUT2D eigenvalue weighted by atomic mass is 9.88. The minimum Gasteiger partial charge on any atom is -0.494 e. The number of anilines is 1. The van der Waals surface area contributed by atoms with Crippen LogP contribution in [0.5, 0.6) is 5.75 Å². The fourth-order valence-electron chi connectivity index (χ4n) is 3.64. The van der Waals surface area contributed by atoms with Crippen LogP contribution in [-0.2, 0) is 4.79 Å². The molecule has 1 aliphatic rings. The van der Waals surface area contributed by atoms with Gasteiger partial charge in [-0.05, 0) is 41.8 Å². The van der Waals surface area contributed by atoms with Gasteiger partial charge in [-0.1, -0.05) is 31.2 Å². The first-order valence-corrected chi connectivity index (χ1v) is 10.5. The number of thiophene rings is 1. The molecule has 7 heteroatoms. The number of fused-ring (bicyclic) bond motifs is 1. The zero-order chi connectivity index (χ0) is 21.3. The monoisotopic (exact) mass is 425 g/mol. The average molecular weight is 425 g/mol. The van der Waals surface area contributed by atoms with Gasteiger partial charge in [-0.15, -0.1) is 11.3 Å². The van der Waals surface area contributed by atoms with Gasteiger partial charge in [0.1, 0.15) is 16.4 Å². The highest BCUT2D eigenvalue weighted by Gasteiger charge is 2.34. The maximum absolute atomic E-state index is 13.4. The molecule has 0 spiro atoms. The van der Waals surface area contributed by atoms with Crippen LogP contribution in [0.1, 0.15) is 45.8 Å². The van der Waals surface area contributed by atoms with E-state index in [1.54, 1.807) is 0 Å². The number of hydrogen-bond acceptors (Lipinski definition) is 4. The Hall–Kier alpha value is -3.19. The summed E-state index contributed by atoms with van der Waals surface area (Å²) in [6, 6.07) is 13.2. The fraction of sp³-hybridized carbons (Fsp3) is 0.217. The molecule has 2 aromatic carbocycles. The number of aromatic carboxylic acids is 1. The number of carboxylic acid groups (broad SMARTS) is 1. The Kier molecular flexibility index (Phi) is 5.55. The lowest BCUT2D eigenvalue weighted by Crippen LogP contribution is -2.22. The number of ether oxygens (including phenoxy) is 1. The first-order valence-electron chi connectivity index (χ1n) is 9.66. The zero-order valence-corrected chi connectivity index (χ0v) is 17.1. The molecule has 0 bridgehead atoms. The summed E-state index contributed by atoms with van der Waals surface area (Å²) in [5.74, 6) is -1.25. The highest BCUT2D eigenvalue weighted by atomic mass is 32.1. The van der Waals surface area contributed by atoms with E-state index < -0.39 is 11.8 Å². The van der Waals surface area contributed by atoms with E-state index in [1.807, 2.05) is 31.2 Å². The second-order valence-corrected chi connectivity index (χ2v) is 8.14. The van der Waals surface area contributed by atoms with Crippen LogP contribution in [0.25, 0.3) is 11.1 Å². The summed E-state index contributed by atoms with van der Waals surface area (Å²) in [5.41, 5.74) is 2.35. The predicted octanol–water partition coefficient (Wildman–Crippen LogP) is 5.52. The van der Waals surface area contributed by atoms with Crippen molar-refractivity contribution in [1.29, 1.82) is 0 Å². The highest BCUT2D eigenvalue weighted by Crippen LogP contribution is 2.49. The van der Waals surface area contributed by atoms with Crippen LogP contribution in [0.2, 0.25) is 0 Å². The minimum absolute atomic E-state index is 0.122. The molecule has 0 aliphatic carbocycles. The molecule has 1 atom stereocenters. The van der Waals surface area contributed by atoms with Crippen molar-refractivity contribution < 1.29 is 23.8 Å². The molecule has 4 rings (SSSR count). The number of hydrogen-bond donors (Lipinski definition) is 2. The molecule has 5 nitrogen and oxygen atoms in total. The number of rotatable bonds is 6. The third kappa shape index (κ3) is 3.80. The lowest BCUT2D eigenvalue weighted by molar-refractivity contribution is -0.116. The predicted molar refractivity (Wildman–Crippen MR) is 114 cm³/mol. The topological polar surface area (TPSA) is 75.6 Å². The lowest BCUT2D eigenvalue weighted by Gasteiger charge is -2.24. The molecule has 1 unspecified atom stereocenters. The first-order chi connectivity index (χ1) is 14.5. The number of amides is 1. The molecule has 1 aliphatic heterocycles. The van der Waals surface area contributed by atoms with Gasteiger partial charge < -0.3 is 15.2 Å². The molecule has 154 valence electrons. The number of carboxylic acids is 1. The van der Waals surface area contributed by atoms with Gasteiger partial charge in [-0.3, -0.25) is 4.79 Å². The summed E-state index contributed by atoms with van der Waals surface area (Å²) in [6.07, 6.45) is 1.10. The number of carbonyl (C=O) groups is 2. The molecule has 2 N–H and O–H groups in total. The van der Waals surface area contributed by atoms with Crippen LogP contribution in [0.15, 0.2) is 48.5 Å². The Balaban J connectivity index is 1.84. The molecular weight excluding hydrogens is 405 g/mol. The summed E-state index contributed by atoms with van der Waals surface area (Å²) in [7, 11) is 0.